The van der Waals surface area contributed by atoms with Crippen molar-refractivity contribution >= 4 is 17.2 Å². The molecule has 0 aliphatic rings. The lowest BCUT2D eigenvalue weighted by molar-refractivity contribution is 0.477. The highest BCUT2D eigenvalue weighted by molar-refractivity contribution is 7.13. The molecule has 0 fully saturated rings. The summed E-state index contributed by atoms with van der Waals surface area (Å²) >= 11 is 1.69. The molecule has 0 bridgehead atoms. The SMILES string of the molecule is Cc1ccc(O)c(-c2cc(-c3cccs3)cc(NCCc3cnc[nH]3)n2)c1. The zero-order valence-electron chi connectivity index (χ0n) is 14.9. The van der Waals surface area contributed by atoms with E-state index in [0.29, 0.717) is 0 Å². The average Bonchev–Trinajstić information content (AvgIpc) is 3.37. The van der Waals surface area contributed by atoms with Crippen LogP contribution in [0.25, 0.3) is 21.7 Å². The highest BCUT2D eigenvalue weighted by Gasteiger charge is 2.11. The largest absolute Gasteiger partial charge is 0.507 e. The fourth-order valence-corrected chi connectivity index (χ4v) is 3.66. The van der Waals surface area contributed by atoms with E-state index in [1.165, 1.54) is 4.88 Å². The van der Waals surface area contributed by atoms with E-state index in [4.69, 9.17) is 4.98 Å². The summed E-state index contributed by atoms with van der Waals surface area (Å²) in [4.78, 5) is 13.1. The number of aromatic nitrogens is 3. The van der Waals surface area contributed by atoms with Crippen molar-refractivity contribution in [2.24, 2.45) is 0 Å². The number of aromatic hydroxyl groups is 1. The Labute approximate surface area is 161 Å². The molecular weight excluding hydrogens is 356 g/mol. The van der Waals surface area contributed by atoms with Crippen molar-refractivity contribution in [3.05, 3.63) is 71.6 Å². The quantitative estimate of drug-likeness (QED) is 0.449. The highest BCUT2D eigenvalue weighted by Crippen LogP contribution is 2.34. The number of aromatic amines is 1. The molecule has 136 valence electrons. The predicted octanol–water partition coefficient (Wildman–Crippen LogP) is 4.87. The van der Waals surface area contributed by atoms with Gasteiger partial charge in [-0.2, -0.15) is 0 Å². The first-order valence-corrected chi connectivity index (χ1v) is 9.64. The minimum atomic E-state index is 0.236. The molecule has 4 aromatic rings. The number of hydrogen-bond acceptors (Lipinski definition) is 5. The van der Waals surface area contributed by atoms with Gasteiger partial charge in [-0.3, -0.25) is 0 Å². The van der Waals surface area contributed by atoms with Crippen LogP contribution in [0.1, 0.15) is 11.3 Å². The van der Waals surface area contributed by atoms with Crippen LogP contribution in [0.15, 0.2) is 60.4 Å². The van der Waals surface area contributed by atoms with Gasteiger partial charge >= 0.3 is 0 Å². The second-order valence-electron chi connectivity index (χ2n) is 6.38. The Balaban J connectivity index is 1.67. The van der Waals surface area contributed by atoms with E-state index >= 15 is 0 Å². The van der Waals surface area contributed by atoms with Crippen molar-refractivity contribution in [1.29, 1.82) is 0 Å². The van der Waals surface area contributed by atoms with Crippen LogP contribution in [0.3, 0.4) is 0 Å². The summed E-state index contributed by atoms with van der Waals surface area (Å²) in [6.45, 7) is 2.75. The molecule has 27 heavy (non-hydrogen) atoms. The van der Waals surface area contributed by atoms with E-state index in [1.807, 2.05) is 37.4 Å². The van der Waals surface area contributed by atoms with Gasteiger partial charge in [0, 0.05) is 35.3 Å². The molecule has 3 aromatic heterocycles. The number of phenols is 1. The maximum atomic E-state index is 10.3. The third kappa shape index (κ3) is 4.01. The molecule has 0 saturated heterocycles. The summed E-state index contributed by atoms with van der Waals surface area (Å²) in [5.41, 5.74) is 4.74. The van der Waals surface area contributed by atoms with Crippen LogP contribution in [0.5, 0.6) is 5.75 Å². The molecule has 3 N–H and O–H groups in total. The molecule has 6 heteroatoms. The number of benzene rings is 1. The van der Waals surface area contributed by atoms with Crippen LogP contribution in [0.2, 0.25) is 0 Å². The number of H-pyrrole nitrogens is 1. The van der Waals surface area contributed by atoms with E-state index in [0.717, 1.165) is 46.9 Å². The van der Waals surface area contributed by atoms with Crippen molar-refractivity contribution in [3.8, 4) is 27.4 Å². The van der Waals surface area contributed by atoms with Crippen LogP contribution in [0, 0.1) is 6.92 Å². The summed E-state index contributed by atoms with van der Waals surface area (Å²) in [5, 5.41) is 15.8. The van der Waals surface area contributed by atoms with Gasteiger partial charge in [0.1, 0.15) is 11.6 Å². The second kappa shape index (κ2) is 7.63. The smallest absolute Gasteiger partial charge is 0.127 e. The Morgan fingerprint density at radius 3 is 2.89 bits per heavy atom. The van der Waals surface area contributed by atoms with Crippen molar-refractivity contribution < 1.29 is 5.11 Å². The second-order valence-corrected chi connectivity index (χ2v) is 7.33. The Morgan fingerprint density at radius 1 is 1.19 bits per heavy atom. The van der Waals surface area contributed by atoms with Crippen molar-refractivity contribution in [3.63, 3.8) is 0 Å². The van der Waals surface area contributed by atoms with E-state index < -0.39 is 0 Å². The number of phenolic OH excluding ortho intramolecular Hbond substituents is 1. The standard InChI is InChI=1S/C21H20N4OS/c1-14-4-5-19(26)17(9-14)18-10-15(20-3-2-8-27-20)11-21(25-18)23-7-6-16-12-22-13-24-16/h2-5,8-13,26H,6-7H2,1H3,(H,22,24)(H,23,25). The summed E-state index contributed by atoms with van der Waals surface area (Å²) in [7, 11) is 0. The van der Waals surface area contributed by atoms with Gasteiger partial charge < -0.3 is 15.4 Å². The van der Waals surface area contributed by atoms with Gasteiger partial charge in [0.15, 0.2) is 0 Å². The van der Waals surface area contributed by atoms with Gasteiger partial charge in [-0.05, 0) is 48.2 Å². The number of pyridine rings is 1. The van der Waals surface area contributed by atoms with Gasteiger partial charge in [0.05, 0.1) is 12.0 Å². The van der Waals surface area contributed by atoms with Crippen LogP contribution < -0.4 is 5.32 Å². The molecule has 1 aromatic carbocycles. The van der Waals surface area contributed by atoms with E-state index in [9.17, 15) is 5.11 Å². The zero-order chi connectivity index (χ0) is 18.6. The van der Waals surface area contributed by atoms with Crippen molar-refractivity contribution in [2.75, 3.05) is 11.9 Å². The number of hydrogen-bond donors (Lipinski definition) is 3. The lowest BCUT2D eigenvalue weighted by Crippen LogP contribution is -2.07. The van der Waals surface area contributed by atoms with Crippen molar-refractivity contribution in [1.82, 2.24) is 15.0 Å². The van der Waals surface area contributed by atoms with Crippen LogP contribution in [0.4, 0.5) is 5.82 Å². The van der Waals surface area contributed by atoms with E-state index in [-0.39, 0.29) is 5.75 Å². The maximum Gasteiger partial charge on any atom is 0.127 e. The lowest BCUT2D eigenvalue weighted by Gasteiger charge is -2.12. The Hall–Kier alpha value is -3.12. The maximum absolute atomic E-state index is 10.3. The summed E-state index contributed by atoms with van der Waals surface area (Å²) in [5.74, 6) is 1.02. The third-order valence-electron chi connectivity index (χ3n) is 4.31. The fraction of sp³-hybridized carbons (Fsp3) is 0.143. The molecule has 0 amide bonds. The minimum Gasteiger partial charge on any atom is -0.507 e. The monoisotopic (exact) mass is 376 g/mol. The molecule has 0 spiro atoms. The van der Waals surface area contributed by atoms with E-state index in [1.54, 1.807) is 23.7 Å². The minimum absolute atomic E-state index is 0.236. The van der Waals surface area contributed by atoms with Gasteiger partial charge in [-0.15, -0.1) is 11.3 Å². The number of nitrogens with one attached hydrogen (secondary N) is 2. The number of aryl methyl sites for hydroxylation is 1. The number of nitrogens with zero attached hydrogens (tertiary/aromatic N) is 2. The van der Waals surface area contributed by atoms with Crippen LogP contribution in [-0.2, 0) is 6.42 Å². The Morgan fingerprint density at radius 2 is 2.11 bits per heavy atom. The summed E-state index contributed by atoms with van der Waals surface area (Å²) in [6, 6.07) is 13.8. The van der Waals surface area contributed by atoms with Crippen molar-refractivity contribution in [2.45, 2.75) is 13.3 Å². The molecule has 0 aliphatic heterocycles. The molecule has 0 aliphatic carbocycles. The highest BCUT2D eigenvalue weighted by atomic mass is 32.1. The topological polar surface area (TPSA) is 73.8 Å². The summed E-state index contributed by atoms with van der Waals surface area (Å²) in [6.07, 6.45) is 4.34. The van der Waals surface area contributed by atoms with Gasteiger partial charge in [-0.1, -0.05) is 17.7 Å². The zero-order valence-corrected chi connectivity index (χ0v) is 15.8. The fourth-order valence-electron chi connectivity index (χ4n) is 2.95. The predicted molar refractivity (Wildman–Crippen MR) is 110 cm³/mol. The molecule has 3 heterocycles. The molecule has 0 saturated carbocycles. The number of rotatable bonds is 6. The third-order valence-corrected chi connectivity index (χ3v) is 5.23. The Kier molecular flexibility index (Phi) is 4.89. The number of imidazole rings is 1. The molecule has 4 rings (SSSR count). The first-order valence-electron chi connectivity index (χ1n) is 8.76. The lowest BCUT2D eigenvalue weighted by atomic mass is 10.0. The average molecular weight is 376 g/mol. The van der Waals surface area contributed by atoms with Gasteiger partial charge in [0.2, 0.25) is 0 Å². The molecule has 0 atom stereocenters. The van der Waals surface area contributed by atoms with Gasteiger partial charge in [-0.25, -0.2) is 9.97 Å². The molecule has 5 nitrogen and oxygen atoms in total. The van der Waals surface area contributed by atoms with Crippen LogP contribution >= 0.6 is 11.3 Å². The molecule has 0 radical (unpaired) electrons. The molecular formula is C21H20N4OS. The normalized spacial score (nSPS) is 10.9. The van der Waals surface area contributed by atoms with Crippen LogP contribution in [-0.4, -0.2) is 26.6 Å². The first kappa shape index (κ1) is 17.3. The van der Waals surface area contributed by atoms with E-state index in [2.05, 4.69) is 32.8 Å². The van der Waals surface area contributed by atoms with Gasteiger partial charge in [0.25, 0.3) is 0 Å². The Bertz CT molecular complexity index is 1030. The molecule has 0 unspecified atom stereocenters. The number of thiophene rings is 1. The first-order chi connectivity index (χ1) is 13.2. The number of anilines is 1. The summed E-state index contributed by atoms with van der Waals surface area (Å²) < 4.78 is 0.